The molecule has 0 saturated carbocycles. The van der Waals surface area contributed by atoms with Crippen LogP contribution in [0.3, 0.4) is 0 Å². The van der Waals surface area contributed by atoms with Crippen molar-refractivity contribution in [2.24, 2.45) is 11.1 Å². The lowest BCUT2D eigenvalue weighted by Crippen LogP contribution is -2.54. The first-order valence-corrected chi connectivity index (χ1v) is 8.11. The Kier molecular flexibility index (Phi) is 7.36. The molecule has 2 rings (SSSR count). The summed E-state index contributed by atoms with van der Waals surface area (Å²) in [6.45, 7) is 8.43. The van der Waals surface area contributed by atoms with E-state index < -0.39 is 0 Å². The van der Waals surface area contributed by atoms with Gasteiger partial charge in [-0.25, -0.2) is 0 Å². The van der Waals surface area contributed by atoms with Crippen LogP contribution in [0.2, 0.25) is 0 Å². The number of aryl methyl sites for hydroxylation is 1. The van der Waals surface area contributed by atoms with Gasteiger partial charge >= 0.3 is 0 Å². The van der Waals surface area contributed by atoms with Gasteiger partial charge in [0.25, 0.3) is 0 Å². The van der Waals surface area contributed by atoms with Gasteiger partial charge in [-0.3, -0.25) is 4.79 Å². The van der Waals surface area contributed by atoms with Crippen LogP contribution >= 0.6 is 12.4 Å². The fraction of sp³-hybridized carbons (Fsp3) is 0.611. The number of nitrogens with zero attached hydrogens (tertiary/aromatic N) is 1. The van der Waals surface area contributed by atoms with Gasteiger partial charge in [-0.15, -0.1) is 12.4 Å². The predicted molar refractivity (Wildman–Crippen MR) is 96.1 cm³/mol. The molecule has 1 saturated heterocycles. The monoisotopic (exact) mass is 340 g/mol. The lowest BCUT2D eigenvalue weighted by molar-refractivity contribution is -0.134. The normalized spacial score (nSPS) is 19.8. The molecular formula is C18H29ClN2O2. The molecule has 1 heterocycles. The highest BCUT2D eigenvalue weighted by molar-refractivity contribution is 5.85. The molecular weight excluding hydrogens is 312 g/mol. The van der Waals surface area contributed by atoms with Crippen molar-refractivity contribution in [3.05, 3.63) is 29.8 Å². The van der Waals surface area contributed by atoms with Crippen molar-refractivity contribution in [2.75, 3.05) is 19.7 Å². The van der Waals surface area contributed by atoms with E-state index in [1.807, 2.05) is 36.1 Å². The minimum absolute atomic E-state index is 0. The molecule has 5 heteroatoms. The van der Waals surface area contributed by atoms with Crippen molar-refractivity contribution in [1.29, 1.82) is 0 Å². The summed E-state index contributed by atoms with van der Waals surface area (Å²) in [4.78, 5) is 14.2. The van der Waals surface area contributed by atoms with Crippen molar-refractivity contribution in [1.82, 2.24) is 4.90 Å². The maximum absolute atomic E-state index is 12.3. The molecule has 0 bridgehead atoms. The molecule has 1 amide bonds. The number of hydrogen-bond donors (Lipinski definition) is 1. The van der Waals surface area contributed by atoms with Gasteiger partial charge in [-0.1, -0.05) is 26.0 Å². The standard InChI is InChI=1S/C18H28N2O2.ClH/c1-14-6-4-7-15(12-14)22-11-5-8-17(21)20-10-9-16(19)18(2,3)13-20;/h4,6-7,12,16H,5,8-11,13,19H2,1-3H3;1H. The number of likely N-dealkylation sites (tertiary alicyclic amines) is 1. The first kappa shape index (κ1) is 19.8. The number of carbonyl (C=O) groups is 1. The number of benzene rings is 1. The van der Waals surface area contributed by atoms with E-state index in [1.165, 1.54) is 5.56 Å². The summed E-state index contributed by atoms with van der Waals surface area (Å²) < 4.78 is 5.69. The minimum atomic E-state index is 0. The highest BCUT2D eigenvalue weighted by atomic mass is 35.5. The molecule has 0 aromatic heterocycles. The highest BCUT2D eigenvalue weighted by Crippen LogP contribution is 2.28. The van der Waals surface area contributed by atoms with Crippen molar-refractivity contribution in [3.63, 3.8) is 0 Å². The summed E-state index contributed by atoms with van der Waals surface area (Å²) in [7, 11) is 0. The first-order valence-electron chi connectivity index (χ1n) is 8.11. The number of hydrogen-bond acceptors (Lipinski definition) is 3. The van der Waals surface area contributed by atoms with E-state index in [-0.39, 0.29) is 29.8 Å². The highest BCUT2D eigenvalue weighted by Gasteiger charge is 2.34. The minimum Gasteiger partial charge on any atom is -0.494 e. The summed E-state index contributed by atoms with van der Waals surface area (Å²) in [6, 6.07) is 8.16. The van der Waals surface area contributed by atoms with Crippen molar-refractivity contribution in [2.45, 2.75) is 46.1 Å². The number of rotatable bonds is 5. The zero-order valence-corrected chi connectivity index (χ0v) is 15.2. The van der Waals surface area contributed by atoms with E-state index in [0.717, 1.165) is 31.7 Å². The Morgan fingerprint density at radius 1 is 1.43 bits per heavy atom. The van der Waals surface area contributed by atoms with Gasteiger partial charge in [-0.2, -0.15) is 0 Å². The average Bonchev–Trinajstić information content (AvgIpc) is 2.46. The molecule has 1 atom stereocenters. The zero-order valence-electron chi connectivity index (χ0n) is 14.4. The molecule has 1 aliphatic heterocycles. The van der Waals surface area contributed by atoms with Crippen LogP contribution in [0.1, 0.15) is 38.7 Å². The molecule has 1 fully saturated rings. The number of amides is 1. The smallest absolute Gasteiger partial charge is 0.222 e. The molecule has 2 N–H and O–H groups in total. The Hall–Kier alpha value is -1.26. The van der Waals surface area contributed by atoms with E-state index in [0.29, 0.717) is 13.0 Å². The van der Waals surface area contributed by atoms with E-state index in [1.54, 1.807) is 0 Å². The van der Waals surface area contributed by atoms with Crippen molar-refractivity contribution < 1.29 is 9.53 Å². The van der Waals surface area contributed by atoms with E-state index in [4.69, 9.17) is 10.5 Å². The molecule has 1 aliphatic rings. The molecule has 0 aliphatic carbocycles. The lowest BCUT2D eigenvalue weighted by Gasteiger charge is -2.42. The fourth-order valence-electron chi connectivity index (χ4n) is 2.86. The Morgan fingerprint density at radius 2 is 2.17 bits per heavy atom. The second kappa shape index (κ2) is 8.55. The van der Waals surface area contributed by atoms with Crippen LogP contribution in [0, 0.1) is 12.3 Å². The first-order chi connectivity index (χ1) is 10.4. The Morgan fingerprint density at radius 3 is 2.83 bits per heavy atom. The Balaban J connectivity index is 0.00000264. The van der Waals surface area contributed by atoms with Gasteiger partial charge in [-0.05, 0) is 42.9 Å². The summed E-state index contributed by atoms with van der Waals surface area (Å²) in [5.41, 5.74) is 7.30. The molecule has 1 unspecified atom stereocenters. The van der Waals surface area contributed by atoms with Crippen LogP contribution in [0.4, 0.5) is 0 Å². The van der Waals surface area contributed by atoms with Crippen LogP contribution in [0.5, 0.6) is 5.75 Å². The third kappa shape index (κ3) is 5.70. The predicted octanol–water partition coefficient (Wildman–Crippen LogP) is 3.16. The molecule has 0 radical (unpaired) electrons. The molecule has 1 aromatic carbocycles. The maximum atomic E-state index is 12.3. The fourth-order valence-corrected chi connectivity index (χ4v) is 2.86. The molecule has 4 nitrogen and oxygen atoms in total. The van der Waals surface area contributed by atoms with Gasteiger partial charge in [0.15, 0.2) is 0 Å². The molecule has 23 heavy (non-hydrogen) atoms. The second-order valence-corrected chi connectivity index (χ2v) is 6.97. The van der Waals surface area contributed by atoms with Crippen LogP contribution in [0.25, 0.3) is 0 Å². The summed E-state index contributed by atoms with van der Waals surface area (Å²) in [5, 5.41) is 0. The second-order valence-electron chi connectivity index (χ2n) is 6.97. The number of nitrogens with two attached hydrogens (primary N) is 1. The number of carbonyl (C=O) groups excluding carboxylic acids is 1. The maximum Gasteiger partial charge on any atom is 0.222 e. The van der Waals surface area contributed by atoms with Gasteiger partial charge in [0.2, 0.25) is 5.91 Å². The quantitative estimate of drug-likeness (QED) is 0.838. The van der Waals surface area contributed by atoms with E-state index in [9.17, 15) is 4.79 Å². The lowest BCUT2D eigenvalue weighted by atomic mass is 9.79. The third-order valence-corrected chi connectivity index (χ3v) is 4.46. The average molecular weight is 341 g/mol. The Labute approximate surface area is 145 Å². The SMILES string of the molecule is Cc1cccc(OCCCC(=O)N2CCC(N)C(C)(C)C2)c1.Cl. The summed E-state index contributed by atoms with van der Waals surface area (Å²) in [6.07, 6.45) is 2.17. The number of piperidine rings is 1. The summed E-state index contributed by atoms with van der Waals surface area (Å²) >= 11 is 0. The zero-order chi connectivity index (χ0) is 16.2. The van der Waals surface area contributed by atoms with Crippen LogP contribution in [-0.2, 0) is 4.79 Å². The van der Waals surface area contributed by atoms with Gasteiger partial charge in [0.05, 0.1) is 6.61 Å². The number of halogens is 1. The summed E-state index contributed by atoms with van der Waals surface area (Å²) in [5.74, 6) is 1.09. The largest absolute Gasteiger partial charge is 0.494 e. The van der Waals surface area contributed by atoms with E-state index >= 15 is 0 Å². The van der Waals surface area contributed by atoms with Crippen LogP contribution in [0.15, 0.2) is 24.3 Å². The number of ether oxygens (including phenoxy) is 1. The topological polar surface area (TPSA) is 55.6 Å². The molecule has 130 valence electrons. The van der Waals surface area contributed by atoms with Gasteiger partial charge < -0.3 is 15.4 Å². The van der Waals surface area contributed by atoms with Crippen molar-refractivity contribution in [3.8, 4) is 5.75 Å². The van der Waals surface area contributed by atoms with Crippen LogP contribution < -0.4 is 10.5 Å². The van der Waals surface area contributed by atoms with Gasteiger partial charge in [0, 0.05) is 25.6 Å². The van der Waals surface area contributed by atoms with Crippen LogP contribution in [-0.4, -0.2) is 36.5 Å². The molecule has 0 spiro atoms. The van der Waals surface area contributed by atoms with Crippen molar-refractivity contribution >= 4 is 18.3 Å². The van der Waals surface area contributed by atoms with Gasteiger partial charge in [0.1, 0.15) is 5.75 Å². The van der Waals surface area contributed by atoms with E-state index in [2.05, 4.69) is 13.8 Å². The third-order valence-electron chi connectivity index (χ3n) is 4.46. The Bertz CT molecular complexity index is 519. The molecule has 1 aromatic rings.